The minimum Gasteiger partial charge on any atom is -0.372 e. The summed E-state index contributed by atoms with van der Waals surface area (Å²) in [4.78, 5) is 2.42. The molecule has 0 amide bonds. The Morgan fingerprint density at radius 2 is 1.69 bits per heavy atom. The predicted octanol–water partition coefficient (Wildman–Crippen LogP) is 3.07. The third-order valence-electron chi connectivity index (χ3n) is 3.04. The van der Waals surface area contributed by atoms with Crippen molar-refractivity contribution in [2.45, 2.75) is 31.7 Å². The van der Waals surface area contributed by atoms with Crippen LogP contribution in [-0.4, -0.2) is 13.1 Å². The first-order chi connectivity index (χ1) is 6.38. The second-order valence-electron chi connectivity index (χ2n) is 3.88. The highest BCUT2D eigenvalue weighted by Crippen LogP contribution is 2.26. The number of rotatable bonds is 2. The van der Waals surface area contributed by atoms with E-state index in [4.69, 9.17) is 0 Å². The smallest absolute Gasteiger partial charge is 0.0366 e. The standard InChI is InChI=1S/C12H17N/c1-13(12-9-5-6-10-12)11-7-3-2-4-8-11/h2-4,7-8,12H,5-6,9-10H2,1H3. The van der Waals surface area contributed by atoms with Gasteiger partial charge in [-0.3, -0.25) is 0 Å². The monoisotopic (exact) mass is 175 g/mol. The van der Waals surface area contributed by atoms with Gasteiger partial charge in [0.1, 0.15) is 0 Å². The second-order valence-corrected chi connectivity index (χ2v) is 3.88. The van der Waals surface area contributed by atoms with Gasteiger partial charge in [0.05, 0.1) is 0 Å². The van der Waals surface area contributed by atoms with Gasteiger partial charge in [0, 0.05) is 18.8 Å². The molecule has 0 bridgehead atoms. The lowest BCUT2D eigenvalue weighted by Crippen LogP contribution is -2.28. The van der Waals surface area contributed by atoms with E-state index in [-0.39, 0.29) is 0 Å². The summed E-state index contributed by atoms with van der Waals surface area (Å²) in [5.41, 5.74) is 1.36. The molecule has 1 aromatic carbocycles. The molecule has 0 aliphatic heterocycles. The van der Waals surface area contributed by atoms with Crippen LogP contribution in [0, 0.1) is 0 Å². The van der Waals surface area contributed by atoms with Crippen LogP contribution >= 0.6 is 0 Å². The number of nitrogens with zero attached hydrogens (tertiary/aromatic N) is 1. The molecule has 0 unspecified atom stereocenters. The van der Waals surface area contributed by atoms with Gasteiger partial charge in [-0.2, -0.15) is 0 Å². The molecule has 0 spiro atoms. The molecule has 0 saturated heterocycles. The van der Waals surface area contributed by atoms with E-state index in [0.29, 0.717) is 0 Å². The molecule has 0 heterocycles. The maximum atomic E-state index is 2.42. The summed E-state index contributed by atoms with van der Waals surface area (Å²) in [5.74, 6) is 0. The molecule has 1 aliphatic carbocycles. The van der Waals surface area contributed by atoms with E-state index in [2.05, 4.69) is 42.3 Å². The summed E-state index contributed by atoms with van der Waals surface area (Å²) < 4.78 is 0. The fourth-order valence-electron chi connectivity index (χ4n) is 2.17. The zero-order valence-corrected chi connectivity index (χ0v) is 8.24. The van der Waals surface area contributed by atoms with Crippen molar-refractivity contribution in [3.8, 4) is 0 Å². The Morgan fingerprint density at radius 3 is 2.31 bits per heavy atom. The first-order valence-electron chi connectivity index (χ1n) is 5.16. The van der Waals surface area contributed by atoms with Gasteiger partial charge in [-0.15, -0.1) is 0 Å². The quantitative estimate of drug-likeness (QED) is 0.667. The fourth-order valence-corrected chi connectivity index (χ4v) is 2.17. The van der Waals surface area contributed by atoms with Crippen LogP contribution in [0.25, 0.3) is 0 Å². The third-order valence-corrected chi connectivity index (χ3v) is 3.04. The van der Waals surface area contributed by atoms with Crippen molar-refractivity contribution in [2.24, 2.45) is 0 Å². The number of hydrogen-bond donors (Lipinski definition) is 0. The summed E-state index contributed by atoms with van der Waals surface area (Å²) >= 11 is 0. The van der Waals surface area contributed by atoms with Crippen molar-refractivity contribution in [1.29, 1.82) is 0 Å². The molecule has 1 fully saturated rings. The maximum absolute atomic E-state index is 2.42. The molecule has 70 valence electrons. The second kappa shape index (κ2) is 3.82. The molecular weight excluding hydrogens is 158 g/mol. The van der Waals surface area contributed by atoms with Crippen LogP contribution in [0.15, 0.2) is 30.3 Å². The highest BCUT2D eigenvalue weighted by atomic mass is 15.1. The molecule has 1 saturated carbocycles. The van der Waals surface area contributed by atoms with E-state index in [1.807, 2.05) is 0 Å². The molecule has 0 aromatic heterocycles. The molecule has 1 aromatic rings. The van der Waals surface area contributed by atoms with Crippen LogP contribution in [0.4, 0.5) is 5.69 Å². The molecule has 0 radical (unpaired) electrons. The van der Waals surface area contributed by atoms with Gasteiger partial charge in [0.15, 0.2) is 0 Å². The van der Waals surface area contributed by atoms with E-state index in [1.54, 1.807) is 0 Å². The van der Waals surface area contributed by atoms with E-state index in [0.717, 1.165) is 6.04 Å². The zero-order chi connectivity index (χ0) is 9.10. The summed E-state index contributed by atoms with van der Waals surface area (Å²) in [6.07, 6.45) is 5.54. The Hall–Kier alpha value is -0.980. The number of hydrogen-bond acceptors (Lipinski definition) is 1. The Bertz CT molecular complexity index is 249. The highest BCUT2D eigenvalue weighted by Gasteiger charge is 2.19. The first-order valence-corrected chi connectivity index (χ1v) is 5.16. The molecular formula is C12H17N. The predicted molar refractivity (Wildman–Crippen MR) is 57.1 cm³/mol. The molecule has 2 rings (SSSR count). The van der Waals surface area contributed by atoms with Gasteiger partial charge in [0.25, 0.3) is 0 Å². The number of benzene rings is 1. The van der Waals surface area contributed by atoms with E-state index >= 15 is 0 Å². The summed E-state index contributed by atoms with van der Waals surface area (Å²) in [6, 6.07) is 11.5. The Morgan fingerprint density at radius 1 is 1.08 bits per heavy atom. The third kappa shape index (κ3) is 1.85. The van der Waals surface area contributed by atoms with Crippen LogP contribution in [-0.2, 0) is 0 Å². The van der Waals surface area contributed by atoms with Gasteiger partial charge >= 0.3 is 0 Å². The highest BCUT2D eigenvalue weighted by molar-refractivity contribution is 5.46. The minimum atomic E-state index is 0.780. The van der Waals surface area contributed by atoms with Gasteiger partial charge < -0.3 is 4.90 Å². The molecule has 0 N–H and O–H groups in total. The molecule has 0 atom stereocenters. The lowest BCUT2D eigenvalue weighted by Gasteiger charge is -2.26. The fraction of sp³-hybridized carbons (Fsp3) is 0.500. The van der Waals surface area contributed by atoms with Crippen molar-refractivity contribution in [3.63, 3.8) is 0 Å². The minimum absolute atomic E-state index is 0.780. The summed E-state index contributed by atoms with van der Waals surface area (Å²) in [5, 5.41) is 0. The van der Waals surface area contributed by atoms with E-state index < -0.39 is 0 Å². The van der Waals surface area contributed by atoms with Gasteiger partial charge in [-0.05, 0) is 25.0 Å². The Labute approximate surface area is 80.4 Å². The normalized spacial score (nSPS) is 17.6. The van der Waals surface area contributed by atoms with Gasteiger partial charge in [-0.1, -0.05) is 31.0 Å². The molecule has 13 heavy (non-hydrogen) atoms. The summed E-state index contributed by atoms with van der Waals surface area (Å²) in [7, 11) is 2.21. The van der Waals surface area contributed by atoms with Crippen LogP contribution < -0.4 is 4.90 Å². The average molecular weight is 175 g/mol. The zero-order valence-electron chi connectivity index (χ0n) is 8.24. The topological polar surface area (TPSA) is 3.24 Å². The molecule has 1 aliphatic rings. The SMILES string of the molecule is CN(c1ccccc1)C1CCCC1. The number of anilines is 1. The largest absolute Gasteiger partial charge is 0.372 e. The van der Waals surface area contributed by atoms with Crippen LogP contribution in [0.1, 0.15) is 25.7 Å². The van der Waals surface area contributed by atoms with Crippen LogP contribution in [0.5, 0.6) is 0 Å². The van der Waals surface area contributed by atoms with Gasteiger partial charge in [0.2, 0.25) is 0 Å². The first kappa shape index (κ1) is 8.61. The lowest BCUT2D eigenvalue weighted by molar-refractivity contribution is 0.653. The molecule has 1 nitrogen and oxygen atoms in total. The van der Waals surface area contributed by atoms with Crippen molar-refractivity contribution in [3.05, 3.63) is 30.3 Å². The van der Waals surface area contributed by atoms with Crippen molar-refractivity contribution >= 4 is 5.69 Å². The van der Waals surface area contributed by atoms with Crippen LogP contribution in [0.3, 0.4) is 0 Å². The number of para-hydroxylation sites is 1. The Balaban J connectivity index is 2.08. The maximum Gasteiger partial charge on any atom is 0.0366 e. The van der Waals surface area contributed by atoms with Crippen LogP contribution in [0.2, 0.25) is 0 Å². The lowest BCUT2D eigenvalue weighted by atomic mass is 10.2. The average Bonchev–Trinajstić information content (AvgIpc) is 2.71. The summed E-state index contributed by atoms with van der Waals surface area (Å²) in [6.45, 7) is 0. The van der Waals surface area contributed by atoms with Crippen molar-refractivity contribution < 1.29 is 0 Å². The van der Waals surface area contributed by atoms with Crippen molar-refractivity contribution in [1.82, 2.24) is 0 Å². The van der Waals surface area contributed by atoms with E-state index in [9.17, 15) is 0 Å². The van der Waals surface area contributed by atoms with E-state index in [1.165, 1.54) is 31.4 Å². The van der Waals surface area contributed by atoms with Gasteiger partial charge in [-0.25, -0.2) is 0 Å². The van der Waals surface area contributed by atoms with Crippen molar-refractivity contribution in [2.75, 3.05) is 11.9 Å². The molecule has 1 heteroatoms. The Kier molecular flexibility index (Phi) is 2.53.